The van der Waals surface area contributed by atoms with E-state index < -0.39 is 0 Å². The molecule has 0 radical (unpaired) electrons. The number of methoxy groups -OCH3 is 1. The molecular weight excluding hydrogens is 364 g/mol. The summed E-state index contributed by atoms with van der Waals surface area (Å²) in [6.45, 7) is 5.29. The summed E-state index contributed by atoms with van der Waals surface area (Å²) in [4.78, 5) is 16.7. The SMILES string of the molecule is COC(=O)[C@@H]1CCCN1Cc1ccc2c(c1)CN(CCc1ccccc1)CCO2. The molecule has 0 unspecified atom stereocenters. The van der Waals surface area contributed by atoms with Gasteiger partial charge in [0.15, 0.2) is 0 Å². The summed E-state index contributed by atoms with van der Waals surface area (Å²) in [6, 6.07) is 17.0. The Bertz CT molecular complexity index is 824. The largest absolute Gasteiger partial charge is 0.492 e. The van der Waals surface area contributed by atoms with Crippen LogP contribution in [0.1, 0.15) is 29.5 Å². The Morgan fingerprint density at radius 3 is 2.83 bits per heavy atom. The second-order valence-corrected chi connectivity index (χ2v) is 7.95. The van der Waals surface area contributed by atoms with Crippen LogP contribution < -0.4 is 4.74 Å². The standard InChI is InChI=1S/C24H30N2O3/c1-28-24(27)22-8-5-12-26(22)17-20-9-10-23-21(16-20)18-25(14-15-29-23)13-11-19-6-3-2-4-7-19/h2-4,6-7,9-10,16,22H,5,8,11-15,17-18H2,1H3/t22-/m0/s1. The minimum absolute atomic E-state index is 0.113. The van der Waals surface area contributed by atoms with Crippen LogP contribution in [-0.4, -0.2) is 55.2 Å². The van der Waals surface area contributed by atoms with E-state index in [-0.39, 0.29) is 12.0 Å². The van der Waals surface area contributed by atoms with E-state index in [1.54, 1.807) is 0 Å². The van der Waals surface area contributed by atoms with Gasteiger partial charge in [-0.1, -0.05) is 36.4 Å². The number of carbonyl (C=O) groups is 1. The van der Waals surface area contributed by atoms with Gasteiger partial charge >= 0.3 is 5.97 Å². The number of carbonyl (C=O) groups excluding carboxylic acids is 1. The third-order valence-corrected chi connectivity index (χ3v) is 5.97. The van der Waals surface area contributed by atoms with Crippen molar-refractivity contribution in [3.63, 3.8) is 0 Å². The van der Waals surface area contributed by atoms with Crippen molar-refractivity contribution in [1.82, 2.24) is 9.80 Å². The molecule has 2 aliphatic heterocycles. The summed E-state index contributed by atoms with van der Waals surface area (Å²) < 4.78 is 11.0. The maximum atomic E-state index is 12.0. The topological polar surface area (TPSA) is 42.0 Å². The van der Waals surface area contributed by atoms with Gasteiger partial charge in [-0.15, -0.1) is 0 Å². The predicted molar refractivity (Wildman–Crippen MR) is 113 cm³/mol. The minimum atomic E-state index is -0.118. The van der Waals surface area contributed by atoms with E-state index in [9.17, 15) is 4.79 Å². The van der Waals surface area contributed by atoms with Crippen LogP contribution in [0.3, 0.4) is 0 Å². The van der Waals surface area contributed by atoms with Crippen molar-refractivity contribution in [2.45, 2.75) is 38.4 Å². The van der Waals surface area contributed by atoms with Crippen molar-refractivity contribution in [2.24, 2.45) is 0 Å². The molecule has 4 rings (SSSR count). The number of hydrogen-bond acceptors (Lipinski definition) is 5. The van der Waals surface area contributed by atoms with Gasteiger partial charge in [-0.2, -0.15) is 0 Å². The summed E-state index contributed by atoms with van der Waals surface area (Å²) in [5.41, 5.74) is 3.84. The van der Waals surface area contributed by atoms with Gasteiger partial charge < -0.3 is 9.47 Å². The Labute approximate surface area is 173 Å². The van der Waals surface area contributed by atoms with Crippen molar-refractivity contribution in [2.75, 3.05) is 33.4 Å². The molecular formula is C24H30N2O3. The summed E-state index contributed by atoms with van der Waals surface area (Å²) >= 11 is 0. The van der Waals surface area contributed by atoms with Gasteiger partial charge in [0.2, 0.25) is 0 Å². The van der Waals surface area contributed by atoms with E-state index in [0.29, 0.717) is 0 Å². The van der Waals surface area contributed by atoms with Crippen LogP contribution in [0.25, 0.3) is 0 Å². The molecule has 0 aromatic heterocycles. The van der Waals surface area contributed by atoms with Gasteiger partial charge in [0, 0.05) is 31.7 Å². The Morgan fingerprint density at radius 1 is 1.14 bits per heavy atom. The fourth-order valence-corrected chi connectivity index (χ4v) is 4.38. The van der Waals surface area contributed by atoms with E-state index in [2.05, 4.69) is 58.3 Å². The van der Waals surface area contributed by atoms with Crippen LogP contribution in [0.15, 0.2) is 48.5 Å². The molecule has 5 nitrogen and oxygen atoms in total. The monoisotopic (exact) mass is 394 g/mol. The lowest BCUT2D eigenvalue weighted by atomic mass is 10.1. The molecule has 154 valence electrons. The molecule has 0 aliphatic carbocycles. The number of hydrogen-bond donors (Lipinski definition) is 0. The van der Waals surface area contributed by atoms with Crippen LogP contribution in [0.5, 0.6) is 5.75 Å². The lowest BCUT2D eigenvalue weighted by Gasteiger charge is -2.23. The molecule has 2 aromatic carbocycles. The molecule has 0 N–H and O–H groups in total. The van der Waals surface area contributed by atoms with Crippen LogP contribution in [0.4, 0.5) is 0 Å². The minimum Gasteiger partial charge on any atom is -0.492 e. The zero-order valence-corrected chi connectivity index (χ0v) is 17.2. The van der Waals surface area contributed by atoms with Crippen LogP contribution in [-0.2, 0) is 29.0 Å². The number of esters is 1. The molecule has 5 heteroatoms. The molecule has 1 saturated heterocycles. The fraction of sp³-hybridized carbons (Fsp3) is 0.458. The summed E-state index contributed by atoms with van der Waals surface area (Å²) in [6.07, 6.45) is 2.97. The van der Waals surface area contributed by atoms with E-state index >= 15 is 0 Å². The molecule has 0 saturated carbocycles. The Kier molecular flexibility index (Phi) is 6.47. The first-order valence-corrected chi connectivity index (χ1v) is 10.6. The normalized spacial score (nSPS) is 20.0. The van der Waals surface area contributed by atoms with Gasteiger partial charge in [0.1, 0.15) is 18.4 Å². The highest BCUT2D eigenvalue weighted by molar-refractivity contribution is 5.76. The molecule has 1 fully saturated rings. The fourth-order valence-electron chi connectivity index (χ4n) is 4.38. The van der Waals surface area contributed by atoms with Crippen LogP contribution >= 0.6 is 0 Å². The number of likely N-dealkylation sites (tertiary alicyclic amines) is 1. The van der Waals surface area contributed by atoms with Gasteiger partial charge in [-0.3, -0.25) is 14.6 Å². The van der Waals surface area contributed by atoms with Gasteiger partial charge in [-0.05, 0) is 49.1 Å². The van der Waals surface area contributed by atoms with E-state index in [1.807, 2.05) is 0 Å². The van der Waals surface area contributed by atoms with Crippen molar-refractivity contribution >= 4 is 5.97 Å². The molecule has 1 atom stereocenters. The molecule has 0 spiro atoms. The van der Waals surface area contributed by atoms with Crippen molar-refractivity contribution in [1.29, 1.82) is 0 Å². The average Bonchev–Trinajstić information content (AvgIpc) is 3.11. The Hall–Kier alpha value is -2.37. The first-order valence-electron chi connectivity index (χ1n) is 10.6. The highest BCUT2D eigenvalue weighted by atomic mass is 16.5. The van der Waals surface area contributed by atoms with Crippen molar-refractivity contribution in [3.05, 3.63) is 65.2 Å². The third-order valence-electron chi connectivity index (χ3n) is 5.97. The van der Waals surface area contributed by atoms with Gasteiger partial charge in [-0.25, -0.2) is 0 Å². The average molecular weight is 395 g/mol. The van der Waals surface area contributed by atoms with Crippen LogP contribution in [0.2, 0.25) is 0 Å². The number of benzene rings is 2. The zero-order valence-electron chi connectivity index (χ0n) is 17.2. The Balaban J connectivity index is 1.42. The van der Waals surface area contributed by atoms with E-state index in [4.69, 9.17) is 9.47 Å². The first-order chi connectivity index (χ1) is 14.2. The third kappa shape index (κ3) is 4.98. The number of fused-ring (bicyclic) bond motifs is 1. The predicted octanol–water partition coefficient (Wildman–Crippen LogP) is 3.26. The van der Waals surface area contributed by atoms with Gasteiger partial charge in [0.05, 0.1) is 7.11 Å². The number of nitrogens with zero attached hydrogens (tertiary/aromatic N) is 2. The number of rotatable bonds is 6. The molecule has 2 aliphatic rings. The lowest BCUT2D eigenvalue weighted by Crippen LogP contribution is -2.36. The second kappa shape index (κ2) is 9.42. The maximum Gasteiger partial charge on any atom is 0.323 e. The quantitative estimate of drug-likeness (QED) is 0.704. The van der Waals surface area contributed by atoms with E-state index in [0.717, 1.165) is 64.3 Å². The maximum absolute atomic E-state index is 12.0. The summed E-state index contributed by atoms with van der Waals surface area (Å²) in [5.74, 6) is 0.870. The summed E-state index contributed by atoms with van der Waals surface area (Å²) in [7, 11) is 1.47. The van der Waals surface area contributed by atoms with Crippen LogP contribution in [0, 0.1) is 0 Å². The van der Waals surface area contributed by atoms with E-state index in [1.165, 1.54) is 23.8 Å². The molecule has 2 heterocycles. The summed E-state index contributed by atoms with van der Waals surface area (Å²) in [5, 5.41) is 0. The van der Waals surface area contributed by atoms with Gasteiger partial charge in [0.25, 0.3) is 0 Å². The molecule has 0 bridgehead atoms. The first kappa shape index (κ1) is 19.9. The zero-order chi connectivity index (χ0) is 20.1. The molecule has 2 aromatic rings. The van der Waals surface area contributed by atoms with Crippen molar-refractivity contribution in [3.8, 4) is 5.75 Å². The second-order valence-electron chi connectivity index (χ2n) is 7.95. The number of ether oxygens (including phenoxy) is 2. The highest BCUT2D eigenvalue weighted by Gasteiger charge is 2.31. The van der Waals surface area contributed by atoms with Crippen molar-refractivity contribution < 1.29 is 14.3 Å². The molecule has 29 heavy (non-hydrogen) atoms. The lowest BCUT2D eigenvalue weighted by molar-refractivity contribution is -0.146. The Morgan fingerprint density at radius 2 is 2.00 bits per heavy atom. The molecule has 0 amide bonds. The smallest absolute Gasteiger partial charge is 0.323 e. The highest BCUT2D eigenvalue weighted by Crippen LogP contribution is 2.27.